The molecule has 0 atom stereocenters. The van der Waals surface area contributed by atoms with Crippen molar-refractivity contribution in [3.05, 3.63) is 11.8 Å². The minimum absolute atomic E-state index is 0.179. The van der Waals surface area contributed by atoms with Crippen LogP contribution in [0, 0.1) is 0 Å². The smallest absolute Gasteiger partial charge is 0.260 e. The molecule has 1 aliphatic rings. The SMILES string of the molecule is CNCc1cn[nH]c1S(=O)(=O)N1CCCOCC1. The van der Waals surface area contributed by atoms with E-state index in [2.05, 4.69) is 15.5 Å². The molecule has 1 saturated heterocycles. The van der Waals surface area contributed by atoms with Crippen molar-refractivity contribution in [2.24, 2.45) is 0 Å². The summed E-state index contributed by atoms with van der Waals surface area (Å²) in [6.07, 6.45) is 2.26. The Balaban J connectivity index is 2.25. The number of nitrogens with zero attached hydrogens (tertiary/aromatic N) is 2. The van der Waals surface area contributed by atoms with E-state index in [1.54, 1.807) is 7.05 Å². The Morgan fingerprint density at radius 3 is 3.11 bits per heavy atom. The first-order valence-corrected chi connectivity index (χ1v) is 7.35. The van der Waals surface area contributed by atoms with Gasteiger partial charge in [-0.25, -0.2) is 8.42 Å². The minimum Gasteiger partial charge on any atom is -0.380 e. The fourth-order valence-corrected chi connectivity index (χ4v) is 3.50. The Kier molecular flexibility index (Phi) is 4.33. The van der Waals surface area contributed by atoms with Gasteiger partial charge in [0.25, 0.3) is 10.0 Å². The largest absolute Gasteiger partial charge is 0.380 e. The number of aromatic nitrogens is 2. The molecule has 0 saturated carbocycles. The van der Waals surface area contributed by atoms with Crippen molar-refractivity contribution in [3.8, 4) is 0 Å². The fraction of sp³-hybridized carbons (Fsp3) is 0.700. The van der Waals surface area contributed by atoms with Crippen molar-refractivity contribution in [2.45, 2.75) is 18.0 Å². The van der Waals surface area contributed by atoms with Crippen molar-refractivity contribution in [3.63, 3.8) is 0 Å². The van der Waals surface area contributed by atoms with Gasteiger partial charge in [-0.05, 0) is 13.5 Å². The van der Waals surface area contributed by atoms with Crippen LogP contribution in [0.1, 0.15) is 12.0 Å². The Hall–Kier alpha value is -0.960. The van der Waals surface area contributed by atoms with Gasteiger partial charge in [0.2, 0.25) is 0 Å². The van der Waals surface area contributed by atoms with Crippen LogP contribution in [-0.4, -0.2) is 56.3 Å². The van der Waals surface area contributed by atoms with Crippen LogP contribution in [0.5, 0.6) is 0 Å². The highest BCUT2D eigenvalue weighted by atomic mass is 32.2. The second-order valence-electron chi connectivity index (χ2n) is 4.12. The summed E-state index contributed by atoms with van der Waals surface area (Å²) < 4.78 is 31.7. The van der Waals surface area contributed by atoms with Gasteiger partial charge in [-0.3, -0.25) is 5.10 Å². The molecule has 2 rings (SSSR count). The third-order valence-corrected chi connectivity index (χ3v) is 4.74. The molecular formula is C10H18N4O3S. The number of rotatable bonds is 4. The molecule has 1 aromatic heterocycles. The summed E-state index contributed by atoms with van der Waals surface area (Å²) in [4.78, 5) is 0. The summed E-state index contributed by atoms with van der Waals surface area (Å²) >= 11 is 0. The van der Waals surface area contributed by atoms with E-state index in [0.717, 1.165) is 0 Å². The number of hydrogen-bond acceptors (Lipinski definition) is 5. The molecule has 0 aliphatic carbocycles. The van der Waals surface area contributed by atoms with Crippen LogP contribution >= 0.6 is 0 Å². The lowest BCUT2D eigenvalue weighted by molar-refractivity contribution is 0.148. The molecule has 8 heteroatoms. The predicted molar refractivity (Wildman–Crippen MR) is 65.5 cm³/mol. The zero-order valence-electron chi connectivity index (χ0n) is 10.3. The predicted octanol–water partition coefficient (Wildman–Crippen LogP) is -0.460. The van der Waals surface area contributed by atoms with Crippen LogP contribution in [0.3, 0.4) is 0 Å². The average Bonchev–Trinajstić information content (AvgIpc) is 2.64. The summed E-state index contributed by atoms with van der Waals surface area (Å²) in [5.41, 5.74) is 0.655. The Morgan fingerprint density at radius 2 is 2.33 bits per heavy atom. The third kappa shape index (κ3) is 2.72. The molecule has 2 N–H and O–H groups in total. The zero-order valence-corrected chi connectivity index (χ0v) is 11.2. The van der Waals surface area contributed by atoms with E-state index in [1.807, 2.05) is 0 Å². The first-order valence-electron chi connectivity index (χ1n) is 5.91. The molecule has 1 fully saturated rings. The summed E-state index contributed by atoms with van der Waals surface area (Å²) in [7, 11) is -1.73. The monoisotopic (exact) mass is 274 g/mol. The third-order valence-electron chi connectivity index (χ3n) is 2.82. The van der Waals surface area contributed by atoms with E-state index in [0.29, 0.717) is 44.8 Å². The number of nitrogens with one attached hydrogen (secondary N) is 2. The molecule has 1 aromatic rings. The van der Waals surface area contributed by atoms with E-state index in [1.165, 1.54) is 10.5 Å². The Labute approximate surface area is 107 Å². The molecule has 0 spiro atoms. The first kappa shape index (κ1) is 13.5. The van der Waals surface area contributed by atoms with Gasteiger partial charge >= 0.3 is 0 Å². The van der Waals surface area contributed by atoms with Crippen LogP contribution in [0.15, 0.2) is 11.2 Å². The van der Waals surface area contributed by atoms with E-state index >= 15 is 0 Å². The van der Waals surface area contributed by atoms with Gasteiger partial charge in [0.1, 0.15) is 0 Å². The maximum atomic E-state index is 12.5. The summed E-state index contributed by atoms with van der Waals surface area (Å²) in [5, 5.41) is 9.52. The molecule has 2 heterocycles. The van der Waals surface area contributed by atoms with Gasteiger partial charge < -0.3 is 10.1 Å². The van der Waals surface area contributed by atoms with Gasteiger partial charge in [-0.15, -0.1) is 0 Å². The van der Waals surface area contributed by atoms with Gasteiger partial charge in [-0.2, -0.15) is 9.40 Å². The second-order valence-corrected chi connectivity index (χ2v) is 6.00. The van der Waals surface area contributed by atoms with Gasteiger partial charge in [-0.1, -0.05) is 0 Å². The number of aromatic amines is 1. The van der Waals surface area contributed by atoms with Crippen molar-refractivity contribution in [2.75, 3.05) is 33.4 Å². The molecule has 102 valence electrons. The lowest BCUT2D eigenvalue weighted by Crippen LogP contribution is -2.34. The highest BCUT2D eigenvalue weighted by molar-refractivity contribution is 7.89. The molecule has 1 aliphatic heterocycles. The fourth-order valence-electron chi connectivity index (χ4n) is 1.93. The molecule has 18 heavy (non-hydrogen) atoms. The van der Waals surface area contributed by atoms with Crippen molar-refractivity contribution in [1.29, 1.82) is 0 Å². The first-order chi connectivity index (χ1) is 8.66. The average molecular weight is 274 g/mol. The zero-order chi connectivity index (χ0) is 13.0. The van der Waals surface area contributed by atoms with E-state index in [4.69, 9.17) is 4.74 Å². The number of H-pyrrole nitrogens is 1. The number of sulfonamides is 1. The summed E-state index contributed by atoms with van der Waals surface area (Å²) in [5.74, 6) is 0. The summed E-state index contributed by atoms with van der Waals surface area (Å²) in [6.45, 7) is 2.39. The summed E-state index contributed by atoms with van der Waals surface area (Å²) in [6, 6.07) is 0. The Bertz CT molecular complexity index is 477. The van der Waals surface area contributed by atoms with Crippen molar-refractivity contribution < 1.29 is 13.2 Å². The maximum absolute atomic E-state index is 12.5. The molecule has 0 unspecified atom stereocenters. The molecule has 0 aromatic carbocycles. The van der Waals surface area contributed by atoms with Crippen LogP contribution < -0.4 is 5.32 Å². The van der Waals surface area contributed by atoms with Gasteiger partial charge in [0, 0.05) is 31.8 Å². The maximum Gasteiger partial charge on any atom is 0.260 e. The van der Waals surface area contributed by atoms with Crippen molar-refractivity contribution >= 4 is 10.0 Å². The molecule has 0 amide bonds. The lowest BCUT2D eigenvalue weighted by atomic mass is 10.4. The molecular weight excluding hydrogens is 256 g/mol. The normalized spacial score (nSPS) is 18.7. The van der Waals surface area contributed by atoms with Crippen LogP contribution in [0.4, 0.5) is 0 Å². The highest BCUT2D eigenvalue weighted by Crippen LogP contribution is 2.18. The standard InChI is InChI=1S/C10H18N4O3S/c1-11-7-9-8-12-13-10(9)18(15,16)14-3-2-5-17-6-4-14/h8,11H,2-7H2,1H3,(H,12,13). The topological polar surface area (TPSA) is 87.3 Å². The molecule has 0 bridgehead atoms. The van der Waals surface area contributed by atoms with Gasteiger partial charge in [0.05, 0.1) is 12.8 Å². The van der Waals surface area contributed by atoms with Crippen LogP contribution in [0.25, 0.3) is 0 Å². The van der Waals surface area contributed by atoms with E-state index in [-0.39, 0.29) is 5.03 Å². The molecule has 0 radical (unpaired) electrons. The molecule has 7 nitrogen and oxygen atoms in total. The van der Waals surface area contributed by atoms with Gasteiger partial charge in [0.15, 0.2) is 5.03 Å². The second kappa shape index (κ2) is 5.79. The van der Waals surface area contributed by atoms with Crippen LogP contribution in [-0.2, 0) is 21.3 Å². The van der Waals surface area contributed by atoms with Crippen molar-refractivity contribution in [1.82, 2.24) is 19.8 Å². The van der Waals surface area contributed by atoms with Crippen LogP contribution in [0.2, 0.25) is 0 Å². The Morgan fingerprint density at radius 1 is 1.50 bits per heavy atom. The number of hydrogen-bond donors (Lipinski definition) is 2. The van der Waals surface area contributed by atoms with E-state index in [9.17, 15) is 8.42 Å². The minimum atomic E-state index is -3.50. The number of ether oxygens (including phenoxy) is 1. The quantitative estimate of drug-likeness (QED) is 0.776. The van der Waals surface area contributed by atoms with E-state index < -0.39 is 10.0 Å². The highest BCUT2D eigenvalue weighted by Gasteiger charge is 2.28. The lowest BCUT2D eigenvalue weighted by Gasteiger charge is -2.18.